The van der Waals surface area contributed by atoms with Crippen LogP contribution in [0.4, 0.5) is 10.1 Å². The Balaban J connectivity index is 1.69. The monoisotopic (exact) mass is 461 g/mol. The van der Waals surface area contributed by atoms with Gasteiger partial charge in [0.05, 0.1) is 5.69 Å². The van der Waals surface area contributed by atoms with Gasteiger partial charge in [-0.2, -0.15) is 0 Å². The number of aromatic nitrogens is 2. The van der Waals surface area contributed by atoms with Crippen molar-refractivity contribution < 1.29 is 14.2 Å². The van der Waals surface area contributed by atoms with Gasteiger partial charge in [0.2, 0.25) is 5.90 Å². The zero-order chi connectivity index (χ0) is 23.4. The van der Waals surface area contributed by atoms with Gasteiger partial charge in [-0.1, -0.05) is 36.2 Å². The fourth-order valence-electron chi connectivity index (χ4n) is 3.34. The Morgan fingerprint density at radius 1 is 1.12 bits per heavy atom. The van der Waals surface area contributed by atoms with Gasteiger partial charge in [-0.3, -0.25) is 15.8 Å². The normalized spacial score (nSPS) is 10.7. The fourth-order valence-corrected chi connectivity index (χ4v) is 3.71. The van der Waals surface area contributed by atoms with Gasteiger partial charge in [-0.15, -0.1) is 0 Å². The van der Waals surface area contributed by atoms with Gasteiger partial charge in [0.15, 0.2) is 17.3 Å². The SMILES string of the molecule is CSNc1cccc(-c2nc(C(=N)OC(=N)Cc3ccc(F)cc3)c(O)c3ncccc23)c1. The van der Waals surface area contributed by atoms with E-state index in [4.69, 9.17) is 15.6 Å². The lowest BCUT2D eigenvalue weighted by Crippen LogP contribution is -2.16. The van der Waals surface area contributed by atoms with E-state index in [-0.39, 0.29) is 35.1 Å². The van der Waals surface area contributed by atoms with E-state index in [2.05, 4.69) is 14.7 Å². The summed E-state index contributed by atoms with van der Waals surface area (Å²) in [4.78, 5) is 8.80. The van der Waals surface area contributed by atoms with Gasteiger partial charge in [-0.25, -0.2) is 9.37 Å². The first-order valence-corrected chi connectivity index (χ1v) is 11.1. The molecule has 2 aromatic heterocycles. The highest BCUT2D eigenvalue weighted by molar-refractivity contribution is 7.99. The highest BCUT2D eigenvalue weighted by Gasteiger charge is 2.21. The first kappa shape index (κ1) is 22.2. The molecule has 4 rings (SSSR count). The summed E-state index contributed by atoms with van der Waals surface area (Å²) in [5, 5.41) is 27.9. The molecule has 2 heterocycles. The smallest absolute Gasteiger partial charge is 0.243 e. The van der Waals surface area contributed by atoms with Crippen molar-refractivity contribution >= 4 is 40.3 Å². The van der Waals surface area contributed by atoms with E-state index in [1.54, 1.807) is 30.5 Å². The zero-order valence-electron chi connectivity index (χ0n) is 17.6. The standard InChI is InChI=1S/C24H20FN5O2S/c1-33-30-17-5-2-4-15(13-17)20-18-6-3-11-28-21(18)23(31)22(29-20)24(27)32-19(26)12-14-7-9-16(25)10-8-14/h2-11,13,26-27,30-31H,12H2,1H3. The molecule has 0 aliphatic carbocycles. The molecule has 0 bridgehead atoms. The van der Waals surface area contributed by atoms with Crippen LogP contribution in [0, 0.1) is 16.6 Å². The molecular weight excluding hydrogens is 441 g/mol. The molecule has 2 aromatic carbocycles. The third kappa shape index (κ3) is 4.93. The van der Waals surface area contributed by atoms with Crippen molar-refractivity contribution in [2.75, 3.05) is 11.0 Å². The lowest BCUT2D eigenvalue weighted by molar-refractivity contribution is 0.467. The number of rotatable bonds is 6. The average molecular weight is 462 g/mol. The number of aromatic hydroxyl groups is 1. The molecule has 0 aliphatic rings. The van der Waals surface area contributed by atoms with Crippen molar-refractivity contribution in [3.05, 3.63) is 83.9 Å². The van der Waals surface area contributed by atoms with E-state index < -0.39 is 5.90 Å². The minimum absolute atomic E-state index is 0.0600. The maximum Gasteiger partial charge on any atom is 0.243 e. The van der Waals surface area contributed by atoms with Crippen molar-refractivity contribution in [3.8, 4) is 17.0 Å². The summed E-state index contributed by atoms with van der Waals surface area (Å²) in [6, 6.07) is 16.8. The van der Waals surface area contributed by atoms with E-state index in [9.17, 15) is 9.50 Å². The van der Waals surface area contributed by atoms with Crippen LogP contribution in [0.25, 0.3) is 22.2 Å². The van der Waals surface area contributed by atoms with Crippen LogP contribution in [0.3, 0.4) is 0 Å². The predicted molar refractivity (Wildman–Crippen MR) is 130 cm³/mol. The largest absolute Gasteiger partial charge is 0.504 e. The Hall–Kier alpha value is -3.98. The van der Waals surface area contributed by atoms with Gasteiger partial charge < -0.3 is 14.6 Å². The Labute approximate surface area is 193 Å². The molecule has 9 heteroatoms. The van der Waals surface area contributed by atoms with E-state index in [0.717, 1.165) is 11.3 Å². The molecule has 166 valence electrons. The summed E-state index contributed by atoms with van der Waals surface area (Å²) >= 11 is 1.46. The van der Waals surface area contributed by atoms with Crippen LogP contribution in [-0.2, 0) is 11.2 Å². The molecular formula is C24H20FN5O2S. The lowest BCUT2D eigenvalue weighted by Gasteiger charge is -2.14. The summed E-state index contributed by atoms with van der Waals surface area (Å²) < 4.78 is 21.6. The molecule has 0 saturated carbocycles. The highest BCUT2D eigenvalue weighted by atomic mass is 32.2. The first-order chi connectivity index (χ1) is 16.0. The second-order valence-corrected chi connectivity index (χ2v) is 7.71. The fraction of sp³-hybridized carbons (Fsp3) is 0.0833. The maximum absolute atomic E-state index is 13.1. The zero-order valence-corrected chi connectivity index (χ0v) is 18.4. The molecule has 4 N–H and O–H groups in total. The van der Waals surface area contributed by atoms with E-state index in [0.29, 0.717) is 16.6 Å². The first-order valence-electron chi connectivity index (χ1n) is 9.92. The van der Waals surface area contributed by atoms with E-state index in [1.165, 1.54) is 24.1 Å². The Morgan fingerprint density at radius 2 is 1.91 bits per heavy atom. The highest BCUT2D eigenvalue weighted by Crippen LogP contribution is 2.34. The van der Waals surface area contributed by atoms with E-state index in [1.807, 2.05) is 30.5 Å². The predicted octanol–water partition coefficient (Wildman–Crippen LogP) is 5.39. The summed E-state index contributed by atoms with van der Waals surface area (Å²) in [6.07, 6.45) is 3.52. The van der Waals surface area contributed by atoms with Crippen molar-refractivity contribution in [3.63, 3.8) is 0 Å². The number of hydrogen-bond donors (Lipinski definition) is 4. The quantitative estimate of drug-likeness (QED) is 0.174. The number of halogens is 1. The van der Waals surface area contributed by atoms with Crippen molar-refractivity contribution in [2.45, 2.75) is 6.42 Å². The molecule has 0 radical (unpaired) electrons. The molecule has 0 aliphatic heterocycles. The summed E-state index contributed by atoms with van der Waals surface area (Å²) in [6.45, 7) is 0. The molecule has 7 nitrogen and oxygen atoms in total. The molecule has 0 unspecified atom stereocenters. The van der Waals surface area contributed by atoms with Gasteiger partial charge in [0.1, 0.15) is 11.3 Å². The third-order valence-corrected chi connectivity index (χ3v) is 5.25. The summed E-state index contributed by atoms with van der Waals surface area (Å²) in [5.74, 6) is -1.39. The van der Waals surface area contributed by atoms with Crippen molar-refractivity contribution in [2.24, 2.45) is 0 Å². The Morgan fingerprint density at radius 3 is 2.67 bits per heavy atom. The molecule has 0 amide bonds. The van der Waals surface area contributed by atoms with Gasteiger partial charge in [0, 0.05) is 35.5 Å². The number of nitrogens with one attached hydrogen (secondary N) is 3. The van der Waals surface area contributed by atoms with Crippen LogP contribution in [0.15, 0.2) is 66.9 Å². The second kappa shape index (κ2) is 9.66. The van der Waals surface area contributed by atoms with Crippen molar-refractivity contribution in [1.29, 1.82) is 10.8 Å². The molecule has 0 fully saturated rings. The topological polar surface area (TPSA) is 115 Å². The number of nitrogens with zero attached hydrogens (tertiary/aromatic N) is 2. The number of anilines is 1. The van der Waals surface area contributed by atoms with Gasteiger partial charge >= 0.3 is 0 Å². The van der Waals surface area contributed by atoms with Crippen LogP contribution in [0.1, 0.15) is 11.3 Å². The molecule has 0 spiro atoms. The lowest BCUT2D eigenvalue weighted by atomic mass is 10.0. The molecule has 0 saturated heterocycles. The molecule has 0 atom stereocenters. The van der Waals surface area contributed by atoms with Crippen LogP contribution in [0.5, 0.6) is 5.75 Å². The Bertz CT molecular complexity index is 1340. The van der Waals surface area contributed by atoms with Crippen LogP contribution in [0.2, 0.25) is 0 Å². The second-order valence-electron chi connectivity index (χ2n) is 7.10. The van der Waals surface area contributed by atoms with Crippen molar-refractivity contribution in [1.82, 2.24) is 9.97 Å². The maximum atomic E-state index is 13.1. The number of ether oxygens (including phenoxy) is 1. The van der Waals surface area contributed by atoms with Crippen LogP contribution < -0.4 is 4.72 Å². The minimum Gasteiger partial charge on any atom is -0.504 e. The summed E-state index contributed by atoms with van der Waals surface area (Å²) in [5.41, 5.74) is 2.98. The van der Waals surface area contributed by atoms with E-state index >= 15 is 0 Å². The number of fused-ring (bicyclic) bond motifs is 1. The van der Waals surface area contributed by atoms with Crippen LogP contribution in [-0.4, -0.2) is 33.1 Å². The minimum atomic E-state index is -0.480. The van der Waals surface area contributed by atoms with Gasteiger partial charge in [0.25, 0.3) is 0 Å². The molecule has 33 heavy (non-hydrogen) atoms. The average Bonchev–Trinajstić information content (AvgIpc) is 2.81. The number of pyridine rings is 2. The number of hydrogen-bond acceptors (Lipinski definition) is 8. The summed E-state index contributed by atoms with van der Waals surface area (Å²) in [7, 11) is 0. The number of benzene rings is 2. The third-order valence-electron chi connectivity index (χ3n) is 4.81. The molecule has 4 aromatic rings. The van der Waals surface area contributed by atoms with Gasteiger partial charge in [-0.05, 0) is 42.0 Å². The Kier molecular flexibility index (Phi) is 6.50. The van der Waals surface area contributed by atoms with Crippen LogP contribution >= 0.6 is 11.9 Å².